The molecule has 26 atom stereocenters. The first kappa shape index (κ1) is 82.4. The van der Waals surface area contributed by atoms with Crippen LogP contribution in [0.2, 0.25) is 0 Å². The highest BCUT2D eigenvalue weighted by Gasteiger charge is 2.71. The number of aromatic nitrogens is 16. The zero-order chi connectivity index (χ0) is 81.1. The van der Waals surface area contributed by atoms with Gasteiger partial charge in [0.25, 0.3) is 5.56 Å². The number of H-pyrrole nitrogens is 1. The number of hydrogen-bond donors (Lipinski definition) is 6. The van der Waals surface area contributed by atoms with Gasteiger partial charge in [0.2, 0.25) is 0 Å². The molecule has 57 heteroatoms. The maximum Gasteiger partial charge on any atom is 0.351 e. The van der Waals surface area contributed by atoms with E-state index in [9.17, 15) is 34.2 Å². The second-order valence-electron chi connectivity index (χ2n) is 27.7. The fraction of sp³-hybridized carbons (Fsp3) is 0.596. The van der Waals surface area contributed by atoms with E-state index in [-0.39, 0.29) is 75.2 Å². The van der Waals surface area contributed by atoms with Gasteiger partial charge in [-0.15, -0.1) is 0 Å². The summed E-state index contributed by atoms with van der Waals surface area (Å²) in [5, 5.41) is 11.0. The van der Waals surface area contributed by atoms with Gasteiger partial charge >= 0.3 is 11.4 Å². The van der Waals surface area contributed by atoms with Crippen LogP contribution in [0.5, 0.6) is 0 Å². The lowest BCUT2D eigenvalue weighted by Crippen LogP contribution is -2.52. The number of nitrogens with two attached hydrogens (primary N) is 4. The van der Waals surface area contributed by atoms with Crippen molar-refractivity contribution >= 4 is 150 Å². The Kier molecular flexibility index (Phi) is 22.0. The molecule has 8 aliphatic heterocycles. The van der Waals surface area contributed by atoms with Gasteiger partial charge in [0, 0.05) is 43.5 Å². The number of aliphatic hydroxyl groups excluding tert-OH is 1. The normalized spacial score (nSPS) is 35.0. The number of nitrogens with zero attached hydrogens (tertiary/aromatic N) is 15. The molecule has 0 aliphatic carbocycles. The molecule has 16 heterocycles. The third kappa shape index (κ3) is 14.8. The minimum Gasteiger partial charge on any atom is -0.780 e. The monoisotopic (exact) mass is 1780 g/mol. The molecule has 10 N–H and O–H groups in total. The van der Waals surface area contributed by atoms with Crippen LogP contribution < -0.4 is 59.4 Å². The summed E-state index contributed by atoms with van der Waals surface area (Å²) < 4.78 is 133. The lowest BCUT2D eigenvalue weighted by Gasteiger charge is -2.41. The molecule has 8 aliphatic rings. The van der Waals surface area contributed by atoms with Gasteiger partial charge in [0.15, 0.2) is 59.9 Å². The average Bonchev–Trinajstić information content (AvgIpc) is 1.57. The molecule has 0 radical (unpaired) electrons. The van der Waals surface area contributed by atoms with Crippen molar-refractivity contribution in [2.24, 2.45) is 0 Å². The molecule has 8 fully saturated rings. The Morgan fingerprint density at radius 2 is 0.956 bits per heavy atom. The number of rotatable bonds is 29. The molecule has 6 bridgehead atoms. The van der Waals surface area contributed by atoms with Gasteiger partial charge in [0.1, 0.15) is 146 Å². The third-order valence-corrected chi connectivity index (χ3v) is 28.8. The number of fused-ring (bicyclic) bond motifs is 9. The van der Waals surface area contributed by atoms with Crippen molar-refractivity contribution < 1.29 is 112 Å². The van der Waals surface area contributed by atoms with Gasteiger partial charge in [-0.05, 0) is 34.6 Å². The zero-order valence-corrected chi connectivity index (χ0v) is 68.4. The number of ether oxygens (including phenoxy) is 8. The summed E-state index contributed by atoms with van der Waals surface area (Å²) in [6.45, 7) is -20.4. The summed E-state index contributed by atoms with van der Waals surface area (Å²) in [6, 6.07) is 0. The fourth-order valence-electron chi connectivity index (χ4n) is 15.2. The van der Waals surface area contributed by atoms with E-state index in [2.05, 4.69) is 54.8 Å². The van der Waals surface area contributed by atoms with E-state index in [1.807, 2.05) is 0 Å². The number of nitrogen functional groups attached to an aromatic ring is 4. The van der Waals surface area contributed by atoms with Gasteiger partial charge in [-0.3, -0.25) is 37.2 Å². The molecule has 0 aromatic carbocycles. The Morgan fingerprint density at radius 1 is 0.544 bits per heavy atom. The second-order valence-corrected chi connectivity index (χ2v) is 41.3. The van der Waals surface area contributed by atoms with Crippen LogP contribution in [0.3, 0.4) is 0 Å². The van der Waals surface area contributed by atoms with Crippen LogP contribution >= 0.6 is 33.7 Å². The van der Waals surface area contributed by atoms with Crippen LogP contribution in [0, 0.1) is 13.8 Å². The molecule has 47 nitrogen and oxygen atoms in total. The summed E-state index contributed by atoms with van der Waals surface area (Å²) in [6.07, 6.45) is -14.0. The Hall–Kier alpha value is -5.33. The molecule has 0 saturated carbocycles. The number of anilines is 4. The number of aliphatic hydroxyl groups is 1. The average molecular weight is 1780 g/mol. The molecule has 618 valence electrons. The van der Waals surface area contributed by atoms with Crippen molar-refractivity contribution in [3.8, 4) is 0 Å². The molecule has 114 heavy (non-hydrogen) atoms. The maximum atomic E-state index is 15.5. The highest BCUT2D eigenvalue weighted by Crippen LogP contribution is 2.63. The summed E-state index contributed by atoms with van der Waals surface area (Å²) >= 11 is 27.6. The van der Waals surface area contributed by atoms with Gasteiger partial charge in [0.05, 0.1) is 82.5 Å². The van der Waals surface area contributed by atoms with Crippen molar-refractivity contribution in [2.75, 3.05) is 63.1 Å². The Labute approximate surface area is 666 Å². The predicted molar refractivity (Wildman–Crippen MR) is 396 cm³/mol. The van der Waals surface area contributed by atoms with Crippen molar-refractivity contribution in [1.29, 1.82) is 0 Å². The number of hydrogen-bond acceptors (Lipinski definition) is 46. The Balaban J connectivity index is 0.661. The van der Waals surface area contributed by atoms with Crippen molar-refractivity contribution in [2.45, 2.75) is 175 Å². The van der Waals surface area contributed by atoms with Crippen LogP contribution in [0.15, 0.2) is 64.7 Å². The molecule has 16 rings (SSSR count). The van der Waals surface area contributed by atoms with Gasteiger partial charge in [-0.25, -0.2) is 54.4 Å². The number of nitrogens with one attached hydrogen (secondary N) is 1. The number of imidazole rings is 3. The van der Waals surface area contributed by atoms with E-state index in [0.717, 1.165) is 22.6 Å². The summed E-state index contributed by atoms with van der Waals surface area (Å²) in [5.41, 5.74) is 17.5. The van der Waals surface area contributed by atoms with E-state index in [1.54, 1.807) is 13.8 Å². The first-order chi connectivity index (χ1) is 53.9. The molecule has 8 aromatic rings. The second kappa shape index (κ2) is 30.4. The molecular formula is C57H68N20O27P5S5-5. The number of aryl methyl sites for hydroxylation is 2. The summed E-state index contributed by atoms with van der Waals surface area (Å²) in [5.74, 6) is -0.0172. The van der Waals surface area contributed by atoms with Gasteiger partial charge in [-0.1, -0.05) is 47.2 Å². The van der Waals surface area contributed by atoms with Crippen molar-refractivity contribution in [3.63, 3.8) is 0 Å². The fourth-order valence-corrected chi connectivity index (χ4v) is 22.0. The Morgan fingerprint density at radius 3 is 1.46 bits per heavy atom. The molecular weight excluding hydrogens is 1710 g/mol. The van der Waals surface area contributed by atoms with E-state index < -0.39 is 211 Å². The highest BCUT2D eigenvalue weighted by atomic mass is 32.7. The topological polar surface area (TPSA) is 620 Å². The first-order valence-electron chi connectivity index (χ1n) is 34.4. The third-order valence-electron chi connectivity index (χ3n) is 21.1. The largest absolute Gasteiger partial charge is 0.780 e. The first-order valence-corrected chi connectivity index (χ1v) is 47.1. The van der Waals surface area contributed by atoms with Crippen molar-refractivity contribution in [3.05, 3.63) is 92.8 Å². The van der Waals surface area contributed by atoms with Crippen LogP contribution in [-0.2, 0) is 147 Å². The van der Waals surface area contributed by atoms with Crippen LogP contribution in [-0.4, -0.2) is 219 Å². The molecule has 8 unspecified atom stereocenters. The van der Waals surface area contributed by atoms with Crippen LogP contribution in [0.1, 0.15) is 75.9 Å². The van der Waals surface area contributed by atoms with Crippen LogP contribution in [0.25, 0.3) is 33.5 Å². The lowest BCUT2D eigenvalue weighted by molar-refractivity contribution is -0.240. The number of aromatic amines is 1. The van der Waals surface area contributed by atoms with E-state index >= 15 is 9.46 Å². The highest BCUT2D eigenvalue weighted by molar-refractivity contribution is 8.32. The lowest BCUT2D eigenvalue weighted by atomic mass is 9.94. The standard InChI is InChI=1S/C57H73N20O27P5S5/c1-22-9-74(53(80)71-42(22)58)50-36-39(55(13-78,97-50)24(3)92-36)102-108(85,113)90-15-57-26(5)94-38(52(99-57)77-21-70-35-45(61)64-18-67-48(35)77)41(57)104-109(86,114)91-14-56-25(4)93-37(51(98-56)76-20-69-34-44(60)63-17-66-47(34)76)40(56)103-107(84,112)89-12-30-28(7-31(95-30)73-10-23(2)49(79)72-54(73)81)101-106(83,111)88-11-29-27(100-105(82,110)87-6)8-32(96-29)75-19-68-33-43(59)62-16-65-46(33)75/h9-10,16-21,24-32,36-41,50-52,78H,7-8,11-15H2,1-6H3,(H,82,110)(H,83,111)(H,84,112)(H,85,113)(H,86,114)(H2,58,71,80)(H2,59,62,65)(H2,60,63,66)(H2,61,64,67)(H,72,79,81)/p-5/t24-,25-,26-,27+,28+,29+,30+,31+,32+,36?,37?,38?,39+,40+,41+,50+,51+,52+,55-,56-,57-,105?,106?,107?,108?,109?/m0/s1. The molecule has 0 spiro atoms. The summed E-state index contributed by atoms with van der Waals surface area (Å²) in [4.78, 5) is 141. The Bertz CT molecular complexity index is 5570. The molecule has 8 aromatic heterocycles. The molecule has 0 amide bonds. The van der Waals surface area contributed by atoms with Gasteiger partial charge < -0.3 is 143 Å². The van der Waals surface area contributed by atoms with E-state index in [0.29, 0.717) is 5.56 Å². The van der Waals surface area contributed by atoms with E-state index in [1.165, 1.54) is 78.5 Å². The van der Waals surface area contributed by atoms with Crippen molar-refractivity contribution in [1.82, 2.24) is 77.7 Å². The predicted octanol–water partition coefficient (Wildman–Crippen LogP) is -2.38. The van der Waals surface area contributed by atoms with Crippen LogP contribution in [0.4, 0.5) is 23.3 Å². The maximum absolute atomic E-state index is 15.5. The minimum absolute atomic E-state index is 0.0107. The smallest absolute Gasteiger partial charge is 0.351 e. The zero-order valence-electron chi connectivity index (χ0n) is 59.8. The van der Waals surface area contributed by atoms with Gasteiger partial charge in [-0.2, -0.15) is 4.98 Å². The summed E-state index contributed by atoms with van der Waals surface area (Å²) in [7, 11) is 1.08. The quantitative estimate of drug-likeness (QED) is 0.0211. The minimum atomic E-state index is -5.09. The van der Waals surface area contributed by atoms with E-state index in [4.69, 9.17) is 166 Å². The SMILES string of the molecule is COP([O-])(=S)O[C@@H]1C[C@H](n2cnc3c(N)ncnc32)O[C@@H]1COP([O-])(=S)O[C@@H]1C[C@H](n2cc(C)c(=O)[nH]c2=O)O[C@@H]1COP([O-])(=S)O[C@@H]1C2O[C@@H](C)[C@]1(COP(=O)([S-])O[C@@H]1C3O[C@@H](C)[C@]1(COP([O-])(=S)O[C@@H]1C4O[C@@H](C)[C@]1(CO)O[C@H]4n1cc(C)c(N)nc1=O)O[C@H]3n1cnc3c(N)ncnc31)O[C@H]2n1cnc2c(N)ncnc21. The molecule has 8 saturated heterocycles.